The van der Waals surface area contributed by atoms with Crippen LogP contribution >= 0.6 is 0 Å². The molecule has 0 bridgehead atoms. The van der Waals surface area contributed by atoms with E-state index in [-0.39, 0.29) is 0 Å². The average molecular weight is 239 g/mol. The number of hydrogen-bond acceptors (Lipinski definition) is 3. The Hall–Kier alpha value is -0.120. The Labute approximate surface area is 106 Å². The minimum absolute atomic E-state index is 0.787. The molecule has 0 aromatic carbocycles. The second-order valence-electron chi connectivity index (χ2n) is 5.95. The van der Waals surface area contributed by atoms with E-state index in [1.807, 2.05) is 0 Å². The molecule has 0 amide bonds. The van der Waals surface area contributed by atoms with Gasteiger partial charge in [0.1, 0.15) is 0 Å². The molecule has 0 aromatic heterocycles. The standard InChI is InChI=1S/C14H29N3/c1-13(12-17-9-7-15-8-10-17)11-16-6-5-14-3-2-4-14/h13-16H,2-12H2,1H3. The molecular weight excluding hydrogens is 210 g/mol. The van der Waals surface area contributed by atoms with Crippen LogP contribution in [-0.4, -0.2) is 50.7 Å². The molecule has 17 heavy (non-hydrogen) atoms. The van der Waals surface area contributed by atoms with E-state index in [9.17, 15) is 0 Å². The van der Waals surface area contributed by atoms with Gasteiger partial charge >= 0.3 is 0 Å². The highest BCUT2D eigenvalue weighted by Crippen LogP contribution is 2.28. The summed E-state index contributed by atoms with van der Waals surface area (Å²) in [5.74, 6) is 1.83. The fraction of sp³-hybridized carbons (Fsp3) is 1.00. The fourth-order valence-corrected chi connectivity index (χ4v) is 2.84. The van der Waals surface area contributed by atoms with Crippen molar-refractivity contribution in [3.05, 3.63) is 0 Å². The van der Waals surface area contributed by atoms with Gasteiger partial charge in [0.2, 0.25) is 0 Å². The Morgan fingerprint density at radius 3 is 2.71 bits per heavy atom. The molecule has 3 heteroatoms. The maximum atomic E-state index is 3.63. The van der Waals surface area contributed by atoms with E-state index < -0.39 is 0 Å². The Balaban J connectivity index is 1.46. The predicted molar refractivity (Wildman–Crippen MR) is 73.3 cm³/mol. The van der Waals surface area contributed by atoms with Crippen LogP contribution in [0.1, 0.15) is 32.6 Å². The van der Waals surface area contributed by atoms with Crippen LogP contribution in [-0.2, 0) is 0 Å². The first-order chi connectivity index (χ1) is 8.34. The average Bonchev–Trinajstić information content (AvgIpc) is 2.27. The summed E-state index contributed by atoms with van der Waals surface area (Å²) in [4.78, 5) is 2.59. The van der Waals surface area contributed by atoms with Crippen molar-refractivity contribution in [3.8, 4) is 0 Å². The first kappa shape index (κ1) is 13.3. The lowest BCUT2D eigenvalue weighted by Crippen LogP contribution is -2.46. The van der Waals surface area contributed by atoms with Gasteiger partial charge in [-0.05, 0) is 31.3 Å². The monoisotopic (exact) mass is 239 g/mol. The number of nitrogens with one attached hydrogen (secondary N) is 2. The third kappa shape index (κ3) is 4.94. The van der Waals surface area contributed by atoms with Crippen molar-refractivity contribution in [1.82, 2.24) is 15.5 Å². The van der Waals surface area contributed by atoms with E-state index in [0.29, 0.717) is 0 Å². The fourth-order valence-electron chi connectivity index (χ4n) is 2.84. The van der Waals surface area contributed by atoms with Gasteiger partial charge in [-0.3, -0.25) is 0 Å². The predicted octanol–water partition coefficient (Wildman–Crippen LogP) is 1.31. The van der Waals surface area contributed by atoms with E-state index in [1.165, 1.54) is 71.5 Å². The van der Waals surface area contributed by atoms with Gasteiger partial charge in [0.05, 0.1) is 0 Å². The summed E-state index contributed by atoms with van der Waals surface area (Å²) in [7, 11) is 0. The summed E-state index contributed by atoms with van der Waals surface area (Å²) >= 11 is 0. The van der Waals surface area contributed by atoms with Crippen LogP contribution in [0.4, 0.5) is 0 Å². The van der Waals surface area contributed by atoms with Gasteiger partial charge in [-0.2, -0.15) is 0 Å². The Kier molecular flexibility index (Phi) is 5.75. The van der Waals surface area contributed by atoms with Crippen LogP contribution in [0.2, 0.25) is 0 Å². The summed E-state index contributed by atoms with van der Waals surface area (Å²) < 4.78 is 0. The highest BCUT2D eigenvalue weighted by atomic mass is 15.2. The zero-order valence-corrected chi connectivity index (χ0v) is 11.4. The van der Waals surface area contributed by atoms with Gasteiger partial charge in [-0.1, -0.05) is 26.2 Å². The maximum Gasteiger partial charge on any atom is 0.0107 e. The minimum Gasteiger partial charge on any atom is -0.316 e. The van der Waals surface area contributed by atoms with Crippen LogP contribution in [0, 0.1) is 11.8 Å². The maximum absolute atomic E-state index is 3.63. The lowest BCUT2D eigenvalue weighted by atomic mass is 9.83. The third-order valence-electron chi connectivity index (χ3n) is 4.23. The van der Waals surface area contributed by atoms with Crippen LogP contribution in [0.3, 0.4) is 0 Å². The lowest BCUT2D eigenvalue weighted by molar-refractivity contribution is 0.208. The summed E-state index contributed by atoms with van der Waals surface area (Å²) in [6.07, 6.45) is 5.85. The van der Waals surface area contributed by atoms with Crippen molar-refractivity contribution in [2.75, 3.05) is 45.8 Å². The number of hydrogen-bond donors (Lipinski definition) is 2. The molecule has 0 spiro atoms. The van der Waals surface area contributed by atoms with Gasteiger partial charge < -0.3 is 15.5 Å². The molecule has 0 radical (unpaired) electrons. The summed E-state index contributed by atoms with van der Waals surface area (Å²) in [5, 5.41) is 7.04. The molecule has 1 aliphatic heterocycles. The van der Waals surface area contributed by atoms with Crippen molar-refractivity contribution >= 4 is 0 Å². The Morgan fingerprint density at radius 1 is 1.29 bits per heavy atom. The van der Waals surface area contributed by atoms with Gasteiger partial charge in [0, 0.05) is 32.7 Å². The first-order valence-electron chi connectivity index (χ1n) is 7.48. The van der Waals surface area contributed by atoms with Crippen molar-refractivity contribution < 1.29 is 0 Å². The first-order valence-corrected chi connectivity index (χ1v) is 7.48. The number of rotatable bonds is 7. The van der Waals surface area contributed by atoms with Crippen LogP contribution in [0.25, 0.3) is 0 Å². The second kappa shape index (κ2) is 7.34. The van der Waals surface area contributed by atoms with E-state index in [4.69, 9.17) is 0 Å². The number of piperazine rings is 1. The van der Waals surface area contributed by atoms with E-state index in [1.54, 1.807) is 0 Å². The lowest BCUT2D eigenvalue weighted by Gasteiger charge is -2.30. The van der Waals surface area contributed by atoms with Crippen molar-refractivity contribution in [2.45, 2.75) is 32.6 Å². The topological polar surface area (TPSA) is 27.3 Å². The van der Waals surface area contributed by atoms with E-state index in [0.717, 1.165) is 11.8 Å². The molecule has 2 rings (SSSR count). The van der Waals surface area contributed by atoms with E-state index in [2.05, 4.69) is 22.5 Å². The zero-order valence-electron chi connectivity index (χ0n) is 11.4. The van der Waals surface area contributed by atoms with Crippen molar-refractivity contribution in [1.29, 1.82) is 0 Å². The minimum atomic E-state index is 0.787. The quantitative estimate of drug-likeness (QED) is 0.656. The molecular formula is C14H29N3. The normalized spacial score (nSPS) is 24.5. The molecule has 1 unspecified atom stereocenters. The molecule has 2 aliphatic rings. The summed E-state index contributed by atoms with van der Waals surface area (Å²) in [6.45, 7) is 10.9. The summed E-state index contributed by atoms with van der Waals surface area (Å²) in [5.41, 5.74) is 0. The number of nitrogens with zero attached hydrogens (tertiary/aromatic N) is 1. The molecule has 3 nitrogen and oxygen atoms in total. The van der Waals surface area contributed by atoms with Crippen molar-refractivity contribution in [3.63, 3.8) is 0 Å². The van der Waals surface area contributed by atoms with Crippen molar-refractivity contribution in [2.24, 2.45) is 11.8 Å². The van der Waals surface area contributed by atoms with Crippen LogP contribution < -0.4 is 10.6 Å². The van der Waals surface area contributed by atoms with Gasteiger partial charge in [0.25, 0.3) is 0 Å². The Morgan fingerprint density at radius 2 is 2.06 bits per heavy atom. The van der Waals surface area contributed by atoms with Gasteiger partial charge in [-0.15, -0.1) is 0 Å². The van der Waals surface area contributed by atoms with Gasteiger partial charge in [0.15, 0.2) is 0 Å². The van der Waals surface area contributed by atoms with Gasteiger partial charge in [-0.25, -0.2) is 0 Å². The molecule has 1 saturated carbocycles. The van der Waals surface area contributed by atoms with Crippen LogP contribution in [0.15, 0.2) is 0 Å². The van der Waals surface area contributed by atoms with Crippen LogP contribution in [0.5, 0.6) is 0 Å². The molecule has 2 fully saturated rings. The molecule has 1 saturated heterocycles. The second-order valence-corrected chi connectivity index (χ2v) is 5.95. The molecule has 2 N–H and O–H groups in total. The van der Waals surface area contributed by atoms with E-state index >= 15 is 0 Å². The largest absolute Gasteiger partial charge is 0.316 e. The molecule has 0 aromatic rings. The third-order valence-corrected chi connectivity index (χ3v) is 4.23. The molecule has 1 heterocycles. The Bertz CT molecular complexity index is 198. The highest BCUT2D eigenvalue weighted by Gasteiger charge is 2.16. The molecule has 1 aliphatic carbocycles. The summed E-state index contributed by atoms with van der Waals surface area (Å²) in [6, 6.07) is 0. The SMILES string of the molecule is CC(CNCCC1CCC1)CN1CCNCC1. The highest BCUT2D eigenvalue weighted by molar-refractivity contribution is 4.72. The zero-order chi connectivity index (χ0) is 11.9. The smallest absolute Gasteiger partial charge is 0.0107 e. The molecule has 100 valence electrons. The molecule has 1 atom stereocenters.